The largest absolute Gasteiger partial charge is 0.468 e. The van der Waals surface area contributed by atoms with Crippen LogP contribution in [-0.2, 0) is 23.9 Å². The minimum Gasteiger partial charge on any atom is -0.468 e. The minimum atomic E-state index is -1.00. The molecule has 0 bridgehead atoms. The third-order valence-corrected chi connectivity index (χ3v) is 6.70. The first-order valence-electron chi connectivity index (χ1n) is 14.0. The van der Waals surface area contributed by atoms with Crippen LogP contribution in [0.4, 0.5) is 4.79 Å². The van der Waals surface area contributed by atoms with E-state index in [2.05, 4.69) is 17.6 Å². The van der Waals surface area contributed by atoms with Gasteiger partial charge < -0.3 is 25.0 Å². The normalized spacial score (nSPS) is 13.6. The number of unbranched alkanes of at least 4 members (excludes halogenated alkanes) is 3. The van der Waals surface area contributed by atoms with Crippen molar-refractivity contribution in [2.24, 2.45) is 5.92 Å². The molecule has 0 radical (unpaired) electrons. The highest BCUT2D eigenvalue weighted by atomic mass is 16.6. The first kappa shape index (κ1) is 33.9. The molecule has 220 valence electrons. The van der Waals surface area contributed by atoms with Crippen molar-refractivity contribution in [1.82, 2.24) is 15.5 Å². The number of hydrogen-bond acceptors (Lipinski definition) is 6. The van der Waals surface area contributed by atoms with E-state index in [0.717, 1.165) is 30.4 Å². The van der Waals surface area contributed by atoms with Gasteiger partial charge in [0.05, 0.1) is 7.11 Å². The van der Waals surface area contributed by atoms with Crippen molar-refractivity contribution in [3.05, 3.63) is 34.9 Å². The van der Waals surface area contributed by atoms with Gasteiger partial charge in [0, 0.05) is 6.54 Å². The van der Waals surface area contributed by atoms with Crippen LogP contribution in [0, 0.1) is 19.8 Å². The summed E-state index contributed by atoms with van der Waals surface area (Å²) in [4.78, 5) is 54.3. The summed E-state index contributed by atoms with van der Waals surface area (Å²) in [6.45, 7) is 15.0. The van der Waals surface area contributed by atoms with Crippen molar-refractivity contribution in [2.45, 2.75) is 105 Å². The predicted octanol–water partition coefficient (Wildman–Crippen LogP) is 4.98. The van der Waals surface area contributed by atoms with Crippen molar-refractivity contribution in [3.8, 4) is 0 Å². The van der Waals surface area contributed by atoms with Crippen molar-refractivity contribution < 1.29 is 28.7 Å². The molecule has 2 N–H and O–H groups in total. The smallest absolute Gasteiger partial charge is 0.408 e. The number of nitrogens with zero attached hydrogens (tertiary/aromatic N) is 1. The fraction of sp³-hybridized carbons (Fsp3) is 0.667. The Morgan fingerprint density at radius 2 is 1.62 bits per heavy atom. The number of carbonyl (C=O) groups is 4. The average molecular weight is 548 g/mol. The number of hydrogen-bond donors (Lipinski definition) is 2. The van der Waals surface area contributed by atoms with Crippen LogP contribution >= 0.6 is 0 Å². The summed E-state index contributed by atoms with van der Waals surface area (Å²) in [5.41, 5.74) is 1.66. The third kappa shape index (κ3) is 10.9. The highest BCUT2D eigenvalue weighted by Gasteiger charge is 2.39. The summed E-state index contributed by atoms with van der Waals surface area (Å²) in [6.07, 6.45) is 3.52. The van der Waals surface area contributed by atoms with Gasteiger partial charge in [-0.05, 0) is 63.6 Å². The fourth-order valence-corrected chi connectivity index (χ4v) is 4.39. The molecular formula is C30H49N3O6. The number of carbonyl (C=O) groups excluding carboxylic acids is 4. The molecule has 1 rings (SSSR count). The van der Waals surface area contributed by atoms with E-state index in [1.165, 1.54) is 7.11 Å². The van der Waals surface area contributed by atoms with Crippen molar-refractivity contribution in [1.29, 1.82) is 0 Å². The highest BCUT2D eigenvalue weighted by Crippen LogP contribution is 2.30. The molecule has 1 aromatic carbocycles. The zero-order valence-electron chi connectivity index (χ0n) is 25.3. The van der Waals surface area contributed by atoms with Crippen LogP contribution in [0.2, 0.25) is 0 Å². The Balaban J connectivity index is 3.62. The number of alkyl carbamates (subject to hydrolysis) is 1. The second kappa shape index (κ2) is 16.1. The quantitative estimate of drug-likeness (QED) is 0.251. The minimum absolute atomic E-state index is 0.222. The molecule has 3 atom stereocenters. The van der Waals surface area contributed by atoms with Crippen LogP contribution in [0.5, 0.6) is 0 Å². The van der Waals surface area contributed by atoms with E-state index in [4.69, 9.17) is 9.47 Å². The first-order chi connectivity index (χ1) is 18.3. The topological polar surface area (TPSA) is 114 Å². The number of nitrogens with one attached hydrogen (secondary N) is 2. The number of ether oxygens (including phenoxy) is 2. The Morgan fingerprint density at radius 1 is 1.00 bits per heavy atom. The van der Waals surface area contributed by atoms with Crippen LogP contribution in [0.15, 0.2) is 18.2 Å². The lowest BCUT2D eigenvalue weighted by atomic mass is 9.91. The summed E-state index contributed by atoms with van der Waals surface area (Å²) in [7, 11) is 1.25. The van der Waals surface area contributed by atoms with E-state index in [1.807, 2.05) is 45.9 Å². The standard InChI is InChI=1S/C30H49N3O6/c1-10-12-13-14-18-33(28(36)25(20(3)11-2)32-29(37)39-30(6,7)8)26(27(35)31-19-23(34)38-9)24-21(4)16-15-17-22(24)5/h15-17,20,25-26H,10-14,18-19H2,1-9H3,(H,31,35)(H,32,37). The molecule has 3 amide bonds. The zero-order valence-corrected chi connectivity index (χ0v) is 25.3. The molecule has 0 aromatic heterocycles. The number of benzene rings is 1. The van der Waals surface area contributed by atoms with Crippen molar-refractivity contribution in [3.63, 3.8) is 0 Å². The van der Waals surface area contributed by atoms with Crippen LogP contribution in [0.25, 0.3) is 0 Å². The highest BCUT2D eigenvalue weighted by molar-refractivity contribution is 5.93. The molecule has 9 nitrogen and oxygen atoms in total. The molecule has 1 aromatic rings. The molecular weight excluding hydrogens is 498 g/mol. The Hall–Kier alpha value is -3.10. The van der Waals surface area contributed by atoms with E-state index < -0.39 is 35.7 Å². The number of aryl methyl sites for hydroxylation is 2. The molecule has 0 aliphatic heterocycles. The lowest BCUT2D eigenvalue weighted by Crippen LogP contribution is -2.55. The van der Waals surface area contributed by atoms with E-state index in [9.17, 15) is 19.2 Å². The SMILES string of the molecule is CCCCCCN(C(=O)C(NC(=O)OC(C)(C)C)C(C)CC)C(C(=O)NCC(=O)OC)c1c(C)cccc1C. The van der Waals surface area contributed by atoms with Gasteiger partial charge in [0.25, 0.3) is 0 Å². The van der Waals surface area contributed by atoms with Gasteiger partial charge in [0.1, 0.15) is 24.2 Å². The maximum absolute atomic E-state index is 14.3. The van der Waals surface area contributed by atoms with Crippen molar-refractivity contribution in [2.75, 3.05) is 20.2 Å². The number of esters is 1. The summed E-state index contributed by atoms with van der Waals surface area (Å²) >= 11 is 0. The van der Waals surface area contributed by atoms with E-state index in [0.29, 0.717) is 24.9 Å². The van der Waals surface area contributed by atoms with Gasteiger partial charge in [0.2, 0.25) is 11.8 Å². The number of methoxy groups -OCH3 is 1. The van der Waals surface area contributed by atoms with Gasteiger partial charge in [-0.1, -0.05) is 64.7 Å². The Kier molecular flexibility index (Phi) is 14.0. The van der Waals surface area contributed by atoms with Crippen LogP contribution in [-0.4, -0.2) is 60.6 Å². The van der Waals surface area contributed by atoms with Crippen LogP contribution in [0.3, 0.4) is 0 Å². The molecule has 0 saturated heterocycles. The average Bonchev–Trinajstić information content (AvgIpc) is 2.86. The second-order valence-electron chi connectivity index (χ2n) is 11.1. The van der Waals surface area contributed by atoms with Crippen LogP contribution < -0.4 is 10.6 Å². The maximum Gasteiger partial charge on any atom is 0.408 e. The monoisotopic (exact) mass is 547 g/mol. The first-order valence-corrected chi connectivity index (χ1v) is 14.0. The van der Waals surface area contributed by atoms with E-state index >= 15 is 0 Å². The predicted molar refractivity (Wildman–Crippen MR) is 152 cm³/mol. The van der Waals surface area contributed by atoms with Gasteiger partial charge >= 0.3 is 12.1 Å². The molecule has 0 heterocycles. The number of amides is 3. The molecule has 9 heteroatoms. The second-order valence-corrected chi connectivity index (χ2v) is 11.1. The number of rotatable bonds is 14. The van der Waals surface area contributed by atoms with Gasteiger partial charge in [-0.15, -0.1) is 0 Å². The Labute approximate surface area is 234 Å². The molecule has 0 spiro atoms. The van der Waals surface area contributed by atoms with Gasteiger partial charge in [-0.25, -0.2) is 4.79 Å². The zero-order chi connectivity index (χ0) is 29.8. The fourth-order valence-electron chi connectivity index (χ4n) is 4.39. The molecule has 3 unspecified atom stereocenters. The maximum atomic E-state index is 14.3. The summed E-state index contributed by atoms with van der Waals surface area (Å²) < 4.78 is 10.2. The molecule has 0 aliphatic carbocycles. The summed E-state index contributed by atoms with van der Waals surface area (Å²) in [5.74, 6) is -1.66. The summed E-state index contributed by atoms with van der Waals surface area (Å²) in [5, 5.41) is 5.44. The van der Waals surface area contributed by atoms with Gasteiger partial charge in [0.15, 0.2) is 0 Å². The molecule has 0 aliphatic rings. The lowest BCUT2D eigenvalue weighted by molar-refractivity contribution is -0.145. The van der Waals surface area contributed by atoms with Gasteiger partial charge in [-0.2, -0.15) is 0 Å². The molecule has 0 saturated carbocycles. The third-order valence-electron chi connectivity index (χ3n) is 6.70. The molecule has 39 heavy (non-hydrogen) atoms. The van der Waals surface area contributed by atoms with Gasteiger partial charge in [-0.3, -0.25) is 14.4 Å². The molecule has 0 fully saturated rings. The Bertz CT molecular complexity index is 952. The van der Waals surface area contributed by atoms with Crippen LogP contribution in [0.1, 0.15) is 96.4 Å². The van der Waals surface area contributed by atoms with E-state index in [-0.39, 0.29) is 18.4 Å². The lowest BCUT2D eigenvalue weighted by Gasteiger charge is -2.37. The van der Waals surface area contributed by atoms with Crippen molar-refractivity contribution >= 4 is 23.9 Å². The summed E-state index contributed by atoms with van der Waals surface area (Å²) in [6, 6.07) is 3.78. The Morgan fingerprint density at radius 3 is 2.13 bits per heavy atom. The van der Waals surface area contributed by atoms with E-state index in [1.54, 1.807) is 25.7 Å².